The second kappa shape index (κ2) is 6.39. The van der Waals surface area contributed by atoms with E-state index in [-0.39, 0.29) is 9.79 Å². The van der Waals surface area contributed by atoms with Crippen molar-refractivity contribution < 1.29 is 8.42 Å². The van der Waals surface area contributed by atoms with E-state index in [1.165, 1.54) is 11.8 Å². The van der Waals surface area contributed by atoms with E-state index < -0.39 is 9.84 Å². The largest absolute Gasteiger partial charge is 0.384 e. The standard InChI is InChI=1S/C16H13N3O2S2/c17-15-10-11-18-16(19-15)22-12-6-8-14(9-7-12)23(20,21)13-4-2-1-3-5-13/h1-11H,(H2,17,18,19). The molecule has 116 valence electrons. The summed E-state index contributed by atoms with van der Waals surface area (Å²) in [6.45, 7) is 0. The van der Waals surface area contributed by atoms with Crippen LogP contribution in [-0.4, -0.2) is 18.4 Å². The van der Waals surface area contributed by atoms with E-state index in [1.807, 2.05) is 0 Å². The SMILES string of the molecule is Nc1ccnc(Sc2ccc(S(=O)(=O)c3ccccc3)cc2)n1. The molecule has 3 aromatic rings. The molecule has 0 radical (unpaired) electrons. The van der Waals surface area contributed by atoms with Gasteiger partial charge in [-0.25, -0.2) is 18.4 Å². The molecule has 0 atom stereocenters. The van der Waals surface area contributed by atoms with Gasteiger partial charge in [0.25, 0.3) is 0 Å². The monoisotopic (exact) mass is 343 g/mol. The van der Waals surface area contributed by atoms with E-state index in [0.717, 1.165) is 4.90 Å². The summed E-state index contributed by atoms with van der Waals surface area (Å²) in [6, 6.07) is 16.6. The predicted octanol–water partition coefficient (Wildman–Crippen LogP) is 3.04. The van der Waals surface area contributed by atoms with E-state index in [1.54, 1.807) is 66.9 Å². The van der Waals surface area contributed by atoms with Crippen molar-refractivity contribution in [1.29, 1.82) is 0 Å². The van der Waals surface area contributed by atoms with Crippen LogP contribution in [0.3, 0.4) is 0 Å². The molecule has 1 heterocycles. The third-order valence-corrected chi connectivity index (χ3v) is 5.72. The molecular weight excluding hydrogens is 330 g/mol. The maximum absolute atomic E-state index is 12.5. The van der Waals surface area contributed by atoms with Crippen LogP contribution in [0.2, 0.25) is 0 Å². The smallest absolute Gasteiger partial charge is 0.206 e. The van der Waals surface area contributed by atoms with E-state index in [0.29, 0.717) is 11.0 Å². The van der Waals surface area contributed by atoms with Crippen LogP contribution >= 0.6 is 11.8 Å². The number of nitrogens with two attached hydrogens (primary N) is 1. The summed E-state index contributed by atoms with van der Waals surface area (Å²) in [4.78, 5) is 9.57. The Kier molecular flexibility index (Phi) is 4.31. The van der Waals surface area contributed by atoms with Crippen molar-refractivity contribution in [3.05, 3.63) is 66.9 Å². The number of benzene rings is 2. The molecule has 2 aromatic carbocycles. The second-order valence-electron chi connectivity index (χ2n) is 4.65. The zero-order chi connectivity index (χ0) is 16.3. The number of anilines is 1. The lowest BCUT2D eigenvalue weighted by molar-refractivity contribution is 0.596. The highest BCUT2D eigenvalue weighted by atomic mass is 32.2. The third kappa shape index (κ3) is 3.52. The Morgan fingerprint density at radius 3 is 2.17 bits per heavy atom. The van der Waals surface area contributed by atoms with Crippen molar-refractivity contribution in [3.8, 4) is 0 Å². The van der Waals surface area contributed by atoms with Gasteiger partial charge in [0.15, 0.2) is 5.16 Å². The Morgan fingerprint density at radius 1 is 0.870 bits per heavy atom. The molecule has 0 aliphatic carbocycles. The van der Waals surface area contributed by atoms with Gasteiger partial charge in [0.1, 0.15) is 5.82 Å². The van der Waals surface area contributed by atoms with Crippen molar-refractivity contribution in [2.75, 3.05) is 5.73 Å². The van der Waals surface area contributed by atoms with Crippen molar-refractivity contribution in [3.63, 3.8) is 0 Å². The molecule has 2 N–H and O–H groups in total. The molecule has 0 unspecified atom stereocenters. The fraction of sp³-hybridized carbons (Fsp3) is 0. The summed E-state index contributed by atoms with van der Waals surface area (Å²) in [5, 5.41) is 0.517. The van der Waals surface area contributed by atoms with Crippen LogP contribution in [0.4, 0.5) is 5.82 Å². The Bertz CT molecular complexity index is 912. The normalized spacial score (nSPS) is 11.3. The topological polar surface area (TPSA) is 85.9 Å². The lowest BCUT2D eigenvalue weighted by Gasteiger charge is -2.06. The quantitative estimate of drug-likeness (QED) is 0.733. The van der Waals surface area contributed by atoms with Gasteiger partial charge in [-0.2, -0.15) is 0 Å². The number of rotatable bonds is 4. The summed E-state index contributed by atoms with van der Waals surface area (Å²) < 4.78 is 25.0. The lowest BCUT2D eigenvalue weighted by atomic mass is 10.4. The van der Waals surface area contributed by atoms with Gasteiger partial charge in [0, 0.05) is 11.1 Å². The minimum absolute atomic E-state index is 0.251. The first-order chi connectivity index (χ1) is 11.1. The first-order valence-electron chi connectivity index (χ1n) is 6.72. The van der Waals surface area contributed by atoms with E-state index in [9.17, 15) is 8.42 Å². The molecule has 7 heteroatoms. The Morgan fingerprint density at radius 2 is 1.52 bits per heavy atom. The van der Waals surface area contributed by atoms with Crippen LogP contribution in [0.5, 0.6) is 0 Å². The zero-order valence-electron chi connectivity index (χ0n) is 12.0. The molecular formula is C16H13N3O2S2. The molecule has 1 aromatic heterocycles. The molecule has 23 heavy (non-hydrogen) atoms. The lowest BCUT2D eigenvalue weighted by Crippen LogP contribution is -2.01. The predicted molar refractivity (Wildman–Crippen MR) is 88.9 cm³/mol. The first-order valence-corrected chi connectivity index (χ1v) is 9.02. The minimum atomic E-state index is -3.50. The summed E-state index contributed by atoms with van der Waals surface area (Å²) >= 11 is 1.32. The van der Waals surface area contributed by atoms with Gasteiger partial charge >= 0.3 is 0 Å². The van der Waals surface area contributed by atoms with E-state index >= 15 is 0 Å². The highest BCUT2D eigenvalue weighted by Gasteiger charge is 2.16. The second-order valence-corrected chi connectivity index (χ2v) is 7.64. The molecule has 0 saturated heterocycles. The van der Waals surface area contributed by atoms with Crippen molar-refractivity contribution in [2.45, 2.75) is 19.8 Å². The molecule has 0 aliphatic heterocycles. The summed E-state index contributed by atoms with van der Waals surface area (Å²) in [7, 11) is -3.50. The van der Waals surface area contributed by atoms with Crippen molar-refractivity contribution in [2.24, 2.45) is 0 Å². The highest BCUT2D eigenvalue weighted by Crippen LogP contribution is 2.27. The van der Waals surface area contributed by atoms with Gasteiger partial charge in [-0.3, -0.25) is 0 Å². The first kappa shape index (κ1) is 15.5. The van der Waals surface area contributed by atoms with Gasteiger partial charge in [0.05, 0.1) is 9.79 Å². The number of aromatic nitrogens is 2. The zero-order valence-corrected chi connectivity index (χ0v) is 13.6. The Balaban J connectivity index is 1.85. The molecule has 0 amide bonds. The molecule has 5 nitrogen and oxygen atoms in total. The molecule has 0 aliphatic rings. The van der Waals surface area contributed by atoms with Gasteiger partial charge in [-0.1, -0.05) is 18.2 Å². The number of hydrogen-bond acceptors (Lipinski definition) is 6. The molecule has 0 bridgehead atoms. The van der Waals surface area contributed by atoms with Crippen LogP contribution in [0.15, 0.2) is 86.7 Å². The fourth-order valence-electron chi connectivity index (χ4n) is 1.93. The molecule has 0 saturated carbocycles. The maximum atomic E-state index is 12.5. The van der Waals surface area contributed by atoms with Gasteiger partial charge in [0.2, 0.25) is 9.84 Å². The molecule has 0 spiro atoms. The highest BCUT2D eigenvalue weighted by molar-refractivity contribution is 7.99. The molecule has 3 rings (SSSR count). The minimum Gasteiger partial charge on any atom is -0.384 e. The van der Waals surface area contributed by atoms with Gasteiger partial charge in [-0.05, 0) is 54.2 Å². The summed E-state index contributed by atoms with van der Waals surface area (Å²) in [6.07, 6.45) is 1.58. The summed E-state index contributed by atoms with van der Waals surface area (Å²) in [5.41, 5.74) is 5.61. The number of nitrogens with zero attached hydrogens (tertiary/aromatic N) is 2. The Hall–Kier alpha value is -2.38. The van der Waals surface area contributed by atoms with E-state index in [2.05, 4.69) is 9.97 Å². The van der Waals surface area contributed by atoms with Crippen LogP contribution in [0, 0.1) is 0 Å². The number of nitrogen functional groups attached to an aromatic ring is 1. The summed E-state index contributed by atoms with van der Waals surface area (Å²) in [5.74, 6) is 0.394. The van der Waals surface area contributed by atoms with Crippen molar-refractivity contribution >= 4 is 27.4 Å². The average molecular weight is 343 g/mol. The fourth-order valence-corrected chi connectivity index (χ4v) is 3.96. The molecule has 0 fully saturated rings. The van der Waals surface area contributed by atoms with Crippen LogP contribution in [0.25, 0.3) is 0 Å². The average Bonchev–Trinajstić information content (AvgIpc) is 2.56. The van der Waals surface area contributed by atoms with Crippen molar-refractivity contribution in [1.82, 2.24) is 9.97 Å². The maximum Gasteiger partial charge on any atom is 0.206 e. The Labute approximate surface area is 138 Å². The van der Waals surface area contributed by atoms with E-state index in [4.69, 9.17) is 5.73 Å². The van der Waals surface area contributed by atoms with Crippen LogP contribution in [-0.2, 0) is 9.84 Å². The third-order valence-electron chi connectivity index (χ3n) is 3.05. The van der Waals surface area contributed by atoms with Crippen LogP contribution < -0.4 is 5.73 Å². The van der Waals surface area contributed by atoms with Crippen LogP contribution in [0.1, 0.15) is 0 Å². The number of hydrogen-bond donors (Lipinski definition) is 1. The van der Waals surface area contributed by atoms with Gasteiger partial charge in [-0.15, -0.1) is 0 Å². The number of sulfone groups is 1. The van der Waals surface area contributed by atoms with Gasteiger partial charge < -0.3 is 5.73 Å².